The second-order valence-electron chi connectivity index (χ2n) is 7.77. The maximum atomic E-state index is 12.0. The lowest BCUT2D eigenvalue weighted by atomic mass is 9.94. The van der Waals surface area contributed by atoms with Crippen LogP contribution < -0.4 is 10.6 Å². The molecule has 0 radical (unpaired) electrons. The van der Waals surface area contributed by atoms with E-state index < -0.39 is 0 Å². The fraction of sp³-hybridized carbons (Fsp3) is 0.900. The van der Waals surface area contributed by atoms with Crippen molar-refractivity contribution in [2.24, 2.45) is 10.9 Å². The summed E-state index contributed by atoms with van der Waals surface area (Å²) in [5.41, 5.74) is 0. The lowest BCUT2D eigenvalue weighted by Gasteiger charge is -2.29. The summed E-state index contributed by atoms with van der Waals surface area (Å²) < 4.78 is 0. The van der Waals surface area contributed by atoms with Crippen LogP contribution in [0.3, 0.4) is 0 Å². The number of carbonyl (C=O) groups is 1. The van der Waals surface area contributed by atoms with Crippen LogP contribution in [0.1, 0.15) is 58.3 Å². The molecule has 0 saturated carbocycles. The van der Waals surface area contributed by atoms with Crippen LogP contribution in [0, 0.1) is 5.92 Å². The van der Waals surface area contributed by atoms with Crippen LogP contribution in [0.5, 0.6) is 0 Å². The molecule has 0 aromatic carbocycles. The molecule has 6 heteroatoms. The van der Waals surface area contributed by atoms with Crippen LogP contribution in [0.4, 0.5) is 0 Å². The van der Waals surface area contributed by atoms with Crippen molar-refractivity contribution in [1.29, 1.82) is 0 Å². The van der Waals surface area contributed by atoms with E-state index in [9.17, 15) is 4.79 Å². The first-order valence-electron chi connectivity index (χ1n) is 10.7. The third-order valence-corrected chi connectivity index (χ3v) is 5.55. The molecule has 0 aliphatic carbocycles. The number of guanidine groups is 1. The Morgan fingerprint density at radius 1 is 1.15 bits per heavy atom. The van der Waals surface area contributed by atoms with Gasteiger partial charge >= 0.3 is 0 Å². The number of hydrogen-bond acceptors (Lipinski definition) is 3. The first-order chi connectivity index (χ1) is 12.7. The first kappa shape index (κ1) is 21.0. The predicted molar refractivity (Wildman–Crippen MR) is 108 cm³/mol. The topological polar surface area (TPSA) is 60.0 Å². The Bertz CT molecular complexity index is 432. The number of rotatable bonds is 8. The van der Waals surface area contributed by atoms with E-state index in [-0.39, 0.29) is 0 Å². The van der Waals surface area contributed by atoms with Gasteiger partial charge in [0.25, 0.3) is 0 Å². The average molecular weight is 366 g/mol. The molecule has 2 N–H and O–H groups in total. The maximum Gasteiger partial charge on any atom is 0.222 e. The zero-order valence-electron chi connectivity index (χ0n) is 16.9. The minimum absolute atomic E-state index is 0.328. The monoisotopic (exact) mass is 365 g/mol. The molecule has 150 valence electrons. The number of aliphatic imine (C=N–C) groups is 1. The molecule has 0 aromatic rings. The molecule has 2 fully saturated rings. The molecule has 2 rings (SSSR count). The van der Waals surface area contributed by atoms with Gasteiger partial charge in [0, 0.05) is 39.1 Å². The standard InChI is InChI=1S/C20H39N5O/c1-3-21-20(23-13-9-18-10-16-24(2)17-11-18)22-12-7-15-25-14-6-4-5-8-19(25)26/h18H,3-17H2,1-2H3,(H2,21,22,23). The van der Waals surface area contributed by atoms with Crippen molar-refractivity contribution in [3.63, 3.8) is 0 Å². The van der Waals surface area contributed by atoms with Crippen molar-refractivity contribution < 1.29 is 4.79 Å². The highest BCUT2D eigenvalue weighted by Crippen LogP contribution is 2.18. The Labute approximate surface area is 159 Å². The zero-order valence-corrected chi connectivity index (χ0v) is 16.9. The maximum absolute atomic E-state index is 12.0. The number of nitrogens with zero attached hydrogens (tertiary/aromatic N) is 3. The zero-order chi connectivity index (χ0) is 18.6. The predicted octanol–water partition coefficient (Wildman–Crippen LogP) is 2.07. The molecule has 2 aliphatic heterocycles. The second kappa shape index (κ2) is 12.2. The van der Waals surface area contributed by atoms with Gasteiger partial charge in [-0.3, -0.25) is 9.79 Å². The van der Waals surface area contributed by atoms with E-state index in [4.69, 9.17) is 0 Å². The van der Waals surface area contributed by atoms with Crippen LogP contribution >= 0.6 is 0 Å². The highest BCUT2D eigenvalue weighted by atomic mass is 16.2. The molecule has 0 atom stereocenters. The largest absolute Gasteiger partial charge is 0.357 e. The van der Waals surface area contributed by atoms with E-state index in [0.717, 1.165) is 70.3 Å². The summed E-state index contributed by atoms with van der Waals surface area (Å²) in [5, 5.41) is 6.82. The molecule has 0 unspecified atom stereocenters. The van der Waals surface area contributed by atoms with Gasteiger partial charge in [0.2, 0.25) is 5.91 Å². The van der Waals surface area contributed by atoms with E-state index in [0.29, 0.717) is 5.91 Å². The molecule has 0 spiro atoms. The summed E-state index contributed by atoms with van der Waals surface area (Å²) in [6.45, 7) is 8.98. The molecule has 2 aliphatic rings. The number of nitrogens with one attached hydrogen (secondary N) is 2. The van der Waals surface area contributed by atoms with Gasteiger partial charge in [0.1, 0.15) is 0 Å². The van der Waals surface area contributed by atoms with Crippen LogP contribution in [-0.4, -0.2) is 74.5 Å². The Balaban J connectivity index is 1.64. The molecule has 2 saturated heterocycles. The molecule has 1 amide bonds. The minimum Gasteiger partial charge on any atom is -0.357 e. The van der Waals surface area contributed by atoms with Gasteiger partial charge in [0.05, 0.1) is 0 Å². The normalized spacial score (nSPS) is 20.9. The number of likely N-dealkylation sites (tertiary alicyclic amines) is 2. The van der Waals surface area contributed by atoms with E-state index >= 15 is 0 Å². The summed E-state index contributed by atoms with van der Waals surface area (Å²) in [5.74, 6) is 2.09. The van der Waals surface area contributed by atoms with Gasteiger partial charge in [-0.1, -0.05) is 6.42 Å². The van der Waals surface area contributed by atoms with Crippen LogP contribution in [0.2, 0.25) is 0 Å². The van der Waals surface area contributed by atoms with Gasteiger partial charge in [-0.15, -0.1) is 0 Å². The summed E-state index contributed by atoms with van der Waals surface area (Å²) in [4.78, 5) is 21.2. The van der Waals surface area contributed by atoms with Gasteiger partial charge in [-0.25, -0.2) is 0 Å². The highest BCUT2D eigenvalue weighted by molar-refractivity contribution is 5.79. The molecule has 0 bridgehead atoms. The van der Waals surface area contributed by atoms with Crippen molar-refractivity contribution in [2.45, 2.75) is 58.3 Å². The van der Waals surface area contributed by atoms with Crippen LogP contribution in [0.15, 0.2) is 4.99 Å². The molecular weight excluding hydrogens is 326 g/mol. The number of piperidine rings is 1. The quantitative estimate of drug-likeness (QED) is 0.393. The van der Waals surface area contributed by atoms with Crippen molar-refractivity contribution in [3.05, 3.63) is 0 Å². The van der Waals surface area contributed by atoms with Gasteiger partial charge < -0.3 is 20.4 Å². The molecule has 6 nitrogen and oxygen atoms in total. The Morgan fingerprint density at radius 2 is 1.96 bits per heavy atom. The fourth-order valence-corrected chi connectivity index (χ4v) is 3.81. The van der Waals surface area contributed by atoms with E-state index in [2.05, 4.69) is 34.5 Å². The molecule has 0 aromatic heterocycles. The highest BCUT2D eigenvalue weighted by Gasteiger charge is 2.17. The van der Waals surface area contributed by atoms with Gasteiger partial charge in [-0.05, 0) is 71.5 Å². The summed E-state index contributed by atoms with van der Waals surface area (Å²) in [6.07, 6.45) is 8.91. The summed E-state index contributed by atoms with van der Waals surface area (Å²) in [7, 11) is 2.21. The first-order valence-corrected chi connectivity index (χ1v) is 10.7. The number of hydrogen-bond donors (Lipinski definition) is 2. The Morgan fingerprint density at radius 3 is 2.73 bits per heavy atom. The Kier molecular flexibility index (Phi) is 9.82. The molecule has 26 heavy (non-hydrogen) atoms. The summed E-state index contributed by atoms with van der Waals surface area (Å²) in [6, 6.07) is 0. The third kappa shape index (κ3) is 7.94. The average Bonchev–Trinajstić information content (AvgIpc) is 2.84. The van der Waals surface area contributed by atoms with E-state index in [1.54, 1.807) is 0 Å². The lowest BCUT2D eigenvalue weighted by Crippen LogP contribution is -2.39. The van der Waals surface area contributed by atoms with Crippen molar-refractivity contribution >= 4 is 11.9 Å². The van der Waals surface area contributed by atoms with E-state index in [1.807, 2.05) is 4.90 Å². The van der Waals surface area contributed by atoms with Crippen molar-refractivity contribution in [1.82, 2.24) is 20.4 Å². The fourth-order valence-electron chi connectivity index (χ4n) is 3.81. The Hall–Kier alpha value is -1.30. The van der Waals surface area contributed by atoms with Crippen LogP contribution in [-0.2, 0) is 4.79 Å². The van der Waals surface area contributed by atoms with Gasteiger partial charge in [0.15, 0.2) is 5.96 Å². The van der Waals surface area contributed by atoms with E-state index in [1.165, 1.54) is 38.8 Å². The smallest absolute Gasteiger partial charge is 0.222 e. The number of carbonyl (C=O) groups excluding carboxylic acids is 1. The summed E-state index contributed by atoms with van der Waals surface area (Å²) >= 11 is 0. The lowest BCUT2D eigenvalue weighted by molar-refractivity contribution is -0.130. The van der Waals surface area contributed by atoms with Gasteiger partial charge in [-0.2, -0.15) is 0 Å². The minimum atomic E-state index is 0.328. The number of amides is 1. The molecular formula is C20H39N5O. The molecule has 2 heterocycles. The SMILES string of the molecule is CCNC(=NCCCN1CCCCCC1=O)NCCC1CCN(C)CC1. The third-order valence-electron chi connectivity index (χ3n) is 5.55. The van der Waals surface area contributed by atoms with Crippen molar-refractivity contribution in [2.75, 3.05) is 52.9 Å². The second-order valence-corrected chi connectivity index (χ2v) is 7.77. The van der Waals surface area contributed by atoms with Crippen LogP contribution in [0.25, 0.3) is 0 Å². The van der Waals surface area contributed by atoms with Crippen molar-refractivity contribution in [3.8, 4) is 0 Å².